The third kappa shape index (κ3) is 2.94. The van der Waals surface area contributed by atoms with Crippen molar-refractivity contribution in [1.82, 2.24) is 4.57 Å². The lowest BCUT2D eigenvalue weighted by molar-refractivity contribution is 0.00864. The maximum Gasteiger partial charge on any atom is 0.0592 e. The fraction of sp³-hybridized carbons (Fsp3) is 0.765. The minimum absolute atomic E-state index is 0.209. The number of ether oxygens (including phenoxy) is 1. The Balaban J connectivity index is 1.69. The van der Waals surface area contributed by atoms with Crippen LogP contribution in [0.1, 0.15) is 63.3 Å². The topological polar surface area (TPSA) is 40.2 Å². The van der Waals surface area contributed by atoms with Crippen LogP contribution in [0.15, 0.2) is 12.3 Å². The van der Waals surface area contributed by atoms with E-state index in [9.17, 15) is 0 Å². The number of aryl methyl sites for hydroxylation is 1. The molecule has 1 aromatic heterocycles. The molecule has 1 saturated heterocycles. The van der Waals surface area contributed by atoms with Crippen LogP contribution in [-0.2, 0) is 17.7 Å². The Labute approximate surface area is 122 Å². The van der Waals surface area contributed by atoms with Gasteiger partial charge in [0, 0.05) is 31.1 Å². The van der Waals surface area contributed by atoms with Gasteiger partial charge >= 0.3 is 0 Å². The lowest BCUT2D eigenvalue weighted by atomic mass is 9.74. The second kappa shape index (κ2) is 5.53. The summed E-state index contributed by atoms with van der Waals surface area (Å²) in [7, 11) is 0. The first kappa shape index (κ1) is 14.2. The quantitative estimate of drug-likeness (QED) is 0.919. The third-order valence-corrected chi connectivity index (χ3v) is 4.90. The van der Waals surface area contributed by atoms with Crippen molar-refractivity contribution in [3.05, 3.63) is 23.5 Å². The fourth-order valence-corrected chi connectivity index (χ4v) is 3.82. The van der Waals surface area contributed by atoms with Gasteiger partial charge in [0.25, 0.3) is 0 Å². The first-order valence-corrected chi connectivity index (χ1v) is 8.10. The van der Waals surface area contributed by atoms with Crippen LogP contribution in [0, 0.1) is 5.41 Å². The normalized spacial score (nSPS) is 29.1. The minimum atomic E-state index is 0.209. The molecular formula is C17H28N2O. The van der Waals surface area contributed by atoms with Crippen LogP contribution in [0.4, 0.5) is 0 Å². The Morgan fingerprint density at radius 2 is 2.25 bits per heavy atom. The summed E-state index contributed by atoms with van der Waals surface area (Å²) >= 11 is 0. The second-order valence-corrected chi connectivity index (χ2v) is 7.34. The van der Waals surface area contributed by atoms with E-state index >= 15 is 0 Å². The number of aromatic nitrogens is 1. The molecule has 0 amide bonds. The van der Waals surface area contributed by atoms with Gasteiger partial charge in [-0.05, 0) is 55.6 Å². The van der Waals surface area contributed by atoms with Gasteiger partial charge in [0.15, 0.2) is 0 Å². The van der Waals surface area contributed by atoms with Crippen LogP contribution < -0.4 is 5.73 Å². The van der Waals surface area contributed by atoms with Gasteiger partial charge in [-0.15, -0.1) is 0 Å². The van der Waals surface area contributed by atoms with E-state index in [4.69, 9.17) is 10.5 Å². The van der Waals surface area contributed by atoms with Crippen LogP contribution >= 0.6 is 0 Å². The zero-order valence-electron chi connectivity index (χ0n) is 12.9. The van der Waals surface area contributed by atoms with Crippen LogP contribution in [0.5, 0.6) is 0 Å². The Hall–Kier alpha value is -0.800. The number of fused-ring (bicyclic) bond motifs is 1. The first-order valence-electron chi connectivity index (χ1n) is 8.10. The lowest BCUT2D eigenvalue weighted by Crippen LogP contribution is -2.30. The molecule has 0 aromatic carbocycles. The summed E-state index contributed by atoms with van der Waals surface area (Å²) in [5.41, 5.74) is 9.49. The highest BCUT2D eigenvalue weighted by molar-refractivity contribution is 5.30. The van der Waals surface area contributed by atoms with Crippen LogP contribution in [0.25, 0.3) is 0 Å². The monoisotopic (exact) mass is 276 g/mol. The summed E-state index contributed by atoms with van der Waals surface area (Å²) in [6.07, 6.45) is 9.86. The number of hydrogen-bond acceptors (Lipinski definition) is 2. The molecule has 1 fully saturated rings. The highest BCUT2D eigenvalue weighted by Crippen LogP contribution is 2.40. The number of hydrogen-bond donors (Lipinski definition) is 1. The van der Waals surface area contributed by atoms with E-state index in [0.717, 1.165) is 32.4 Å². The zero-order chi connectivity index (χ0) is 14.2. The highest BCUT2D eigenvalue weighted by Gasteiger charge is 2.32. The van der Waals surface area contributed by atoms with Gasteiger partial charge in [-0.25, -0.2) is 0 Å². The third-order valence-electron chi connectivity index (χ3n) is 4.90. The molecule has 1 aliphatic heterocycles. The van der Waals surface area contributed by atoms with E-state index < -0.39 is 0 Å². The van der Waals surface area contributed by atoms with Crippen molar-refractivity contribution >= 4 is 0 Å². The molecule has 3 heteroatoms. The SMILES string of the molecule is CC1(C)Cc2c(ccn2CCC2CCCCO2)C(N)C1. The van der Waals surface area contributed by atoms with Crippen LogP contribution in [-0.4, -0.2) is 17.3 Å². The molecule has 2 N–H and O–H groups in total. The van der Waals surface area contributed by atoms with Crippen molar-refractivity contribution in [2.75, 3.05) is 6.61 Å². The van der Waals surface area contributed by atoms with Crippen molar-refractivity contribution in [1.29, 1.82) is 0 Å². The van der Waals surface area contributed by atoms with Gasteiger partial charge < -0.3 is 15.0 Å². The van der Waals surface area contributed by atoms with Gasteiger partial charge in [0.2, 0.25) is 0 Å². The summed E-state index contributed by atoms with van der Waals surface area (Å²) in [5.74, 6) is 0. The molecule has 1 aromatic rings. The highest BCUT2D eigenvalue weighted by atomic mass is 16.5. The smallest absolute Gasteiger partial charge is 0.0592 e. The molecule has 0 radical (unpaired) electrons. The maximum atomic E-state index is 6.34. The number of nitrogens with two attached hydrogens (primary N) is 1. The zero-order valence-corrected chi connectivity index (χ0v) is 12.9. The minimum Gasteiger partial charge on any atom is -0.378 e. The van der Waals surface area contributed by atoms with E-state index in [1.165, 1.54) is 30.5 Å². The van der Waals surface area contributed by atoms with Gasteiger partial charge in [-0.1, -0.05) is 13.8 Å². The van der Waals surface area contributed by atoms with E-state index in [2.05, 4.69) is 30.7 Å². The molecule has 20 heavy (non-hydrogen) atoms. The molecule has 0 bridgehead atoms. The predicted molar refractivity (Wildman–Crippen MR) is 81.7 cm³/mol. The van der Waals surface area contributed by atoms with Crippen molar-refractivity contribution in [2.45, 2.75) is 71.1 Å². The average Bonchev–Trinajstić information content (AvgIpc) is 2.79. The summed E-state index contributed by atoms with van der Waals surface area (Å²) in [6.45, 7) is 6.68. The first-order chi connectivity index (χ1) is 9.55. The molecule has 0 spiro atoms. The number of nitrogens with zero attached hydrogens (tertiary/aromatic N) is 1. The maximum absolute atomic E-state index is 6.34. The molecular weight excluding hydrogens is 248 g/mol. The Bertz CT molecular complexity index is 458. The van der Waals surface area contributed by atoms with E-state index in [1.54, 1.807) is 0 Å². The molecule has 1 aliphatic carbocycles. The van der Waals surface area contributed by atoms with E-state index in [1.807, 2.05) is 0 Å². The van der Waals surface area contributed by atoms with Gasteiger partial charge in [-0.3, -0.25) is 0 Å². The molecule has 3 nitrogen and oxygen atoms in total. The van der Waals surface area contributed by atoms with Crippen LogP contribution in [0.3, 0.4) is 0 Å². The largest absolute Gasteiger partial charge is 0.378 e. The van der Waals surface area contributed by atoms with Crippen molar-refractivity contribution < 1.29 is 4.74 Å². The second-order valence-electron chi connectivity index (χ2n) is 7.34. The molecule has 2 atom stereocenters. The van der Waals surface area contributed by atoms with E-state index in [-0.39, 0.29) is 6.04 Å². The molecule has 2 unspecified atom stereocenters. The van der Waals surface area contributed by atoms with Gasteiger partial charge in [0.05, 0.1) is 6.10 Å². The Kier molecular flexibility index (Phi) is 3.91. The van der Waals surface area contributed by atoms with Crippen LogP contribution in [0.2, 0.25) is 0 Å². The van der Waals surface area contributed by atoms with Gasteiger partial charge in [-0.2, -0.15) is 0 Å². The Morgan fingerprint density at radius 1 is 1.40 bits per heavy atom. The summed E-state index contributed by atoms with van der Waals surface area (Å²) < 4.78 is 8.27. The summed E-state index contributed by atoms with van der Waals surface area (Å²) in [4.78, 5) is 0. The lowest BCUT2D eigenvalue weighted by Gasteiger charge is -2.34. The molecule has 0 saturated carbocycles. The number of rotatable bonds is 3. The summed E-state index contributed by atoms with van der Waals surface area (Å²) in [5, 5.41) is 0. The van der Waals surface area contributed by atoms with Crippen molar-refractivity contribution in [3.8, 4) is 0 Å². The predicted octanol–water partition coefficient (Wildman–Crippen LogP) is 3.42. The molecule has 2 aliphatic rings. The van der Waals surface area contributed by atoms with Crippen molar-refractivity contribution in [2.24, 2.45) is 11.1 Å². The average molecular weight is 276 g/mol. The van der Waals surface area contributed by atoms with Gasteiger partial charge in [0.1, 0.15) is 0 Å². The molecule has 2 heterocycles. The summed E-state index contributed by atoms with van der Waals surface area (Å²) in [6, 6.07) is 2.44. The Morgan fingerprint density at radius 3 is 3.00 bits per heavy atom. The molecule has 3 rings (SSSR count). The molecule has 112 valence electrons. The van der Waals surface area contributed by atoms with E-state index in [0.29, 0.717) is 11.5 Å². The fourth-order valence-electron chi connectivity index (χ4n) is 3.82. The van der Waals surface area contributed by atoms with Crippen molar-refractivity contribution in [3.63, 3.8) is 0 Å². The standard InChI is InChI=1S/C17H28N2O/c1-17(2)11-15(18)14-7-9-19(16(14)12-17)8-6-13-5-3-4-10-20-13/h7,9,13,15H,3-6,8,10-12,18H2,1-2H3.